The topological polar surface area (TPSA) is 69.6 Å². The summed E-state index contributed by atoms with van der Waals surface area (Å²) >= 11 is 0. The Hall–Kier alpha value is -2.24. The molecule has 0 spiro atoms. The van der Waals surface area contributed by atoms with Crippen molar-refractivity contribution in [2.24, 2.45) is 16.6 Å². The van der Waals surface area contributed by atoms with Gasteiger partial charge in [-0.3, -0.25) is 9.79 Å². The van der Waals surface area contributed by atoms with E-state index in [1.165, 1.54) is 5.56 Å². The Labute approximate surface area is 172 Å². The van der Waals surface area contributed by atoms with Gasteiger partial charge in [0.05, 0.1) is 22.7 Å². The number of pyridine rings is 1. The van der Waals surface area contributed by atoms with Crippen LogP contribution in [0, 0.1) is 12.8 Å². The van der Waals surface area contributed by atoms with E-state index in [1.807, 2.05) is 24.5 Å². The molecule has 3 atom stereocenters. The number of aliphatic imine (C=N–C) groups is 1. The van der Waals surface area contributed by atoms with Gasteiger partial charge in [0.2, 0.25) is 0 Å². The Balaban J connectivity index is 1.91. The standard InChI is InChI=1S/C24H31N3O2/c1-5-24(4,29-6-2)19-13-21-22-18(14-27(21)23(28)15(19)3)16(11-12-25)17-9-7-8-10-20(17)26-22/h7-10,13,16,18H,5-6,11-12,14,25H2,1-4H3. The van der Waals surface area contributed by atoms with Crippen LogP contribution in [0.1, 0.15) is 61.9 Å². The highest BCUT2D eigenvalue weighted by atomic mass is 16.5. The van der Waals surface area contributed by atoms with Gasteiger partial charge in [0, 0.05) is 24.6 Å². The van der Waals surface area contributed by atoms with Crippen molar-refractivity contribution in [3.05, 3.63) is 63.1 Å². The van der Waals surface area contributed by atoms with Gasteiger partial charge in [0.15, 0.2) is 0 Å². The van der Waals surface area contributed by atoms with Crippen LogP contribution in [0.3, 0.4) is 0 Å². The molecule has 2 aliphatic heterocycles. The van der Waals surface area contributed by atoms with Gasteiger partial charge in [0.1, 0.15) is 0 Å². The van der Waals surface area contributed by atoms with Crippen molar-refractivity contribution < 1.29 is 4.74 Å². The van der Waals surface area contributed by atoms with E-state index in [0.717, 1.165) is 41.1 Å². The first-order valence-electron chi connectivity index (χ1n) is 10.7. The van der Waals surface area contributed by atoms with Crippen LogP contribution >= 0.6 is 0 Å². The Morgan fingerprint density at radius 2 is 2.07 bits per heavy atom. The smallest absolute Gasteiger partial charge is 0.254 e. The molecule has 3 heterocycles. The van der Waals surface area contributed by atoms with Crippen LogP contribution in [-0.2, 0) is 16.9 Å². The molecule has 2 aliphatic rings. The summed E-state index contributed by atoms with van der Waals surface area (Å²) in [5.41, 5.74) is 11.5. The first-order valence-corrected chi connectivity index (χ1v) is 10.7. The molecule has 3 unspecified atom stereocenters. The largest absolute Gasteiger partial charge is 0.371 e. The maximum absolute atomic E-state index is 13.4. The maximum atomic E-state index is 13.4. The van der Waals surface area contributed by atoms with Gasteiger partial charge in [0.25, 0.3) is 5.56 Å². The predicted octanol–water partition coefficient (Wildman–Crippen LogP) is 4.02. The molecule has 0 amide bonds. The van der Waals surface area contributed by atoms with Gasteiger partial charge in [-0.2, -0.15) is 0 Å². The molecule has 5 heteroatoms. The van der Waals surface area contributed by atoms with Crippen molar-refractivity contribution in [2.45, 2.75) is 58.6 Å². The molecule has 0 radical (unpaired) electrons. The molecule has 154 valence electrons. The second kappa shape index (κ2) is 7.54. The van der Waals surface area contributed by atoms with E-state index >= 15 is 0 Å². The van der Waals surface area contributed by atoms with Gasteiger partial charge < -0.3 is 15.0 Å². The van der Waals surface area contributed by atoms with Crippen LogP contribution in [-0.4, -0.2) is 23.4 Å². The third kappa shape index (κ3) is 3.08. The van der Waals surface area contributed by atoms with Gasteiger partial charge >= 0.3 is 0 Å². The SMILES string of the molecule is CCOC(C)(CC)c1cc2n(c(=O)c1C)CC1C2=Nc2ccccc2C1CCN. The number of hydrogen-bond acceptors (Lipinski definition) is 4. The van der Waals surface area contributed by atoms with E-state index in [2.05, 4.69) is 38.1 Å². The summed E-state index contributed by atoms with van der Waals surface area (Å²) in [6, 6.07) is 10.5. The van der Waals surface area contributed by atoms with Crippen molar-refractivity contribution in [3.8, 4) is 0 Å². The van der Waals surface area contributed by atoms with Crippen LogP contribution in [0.25, 0.3) is 0 Å². The van der Waals surface area contributed by atoms with Crippen LogP contribution in [0.5, 0.6) is 0 Å². The van der Waals surface area contributed by atoms with E-state index in [9.17, 15) is 4.79 Å². The first kappa shape index (κ1) is 20.0. The summed E-state index contributed by atoms with van der Waals surface area (Å²) in [4.78, 5) is 18.4. The van der Waals surface area contributed by atoms with Crippen LogP contribution in [0.4, 0.5) is 5.69 Å². The molecule has 0 bridgehead atoms. The molecule has 0 aliphatic carbocycles. The fraction of sp³-hybridized carbons (Fsp3) is 0.500. The summed E-state index contributed by atoms with van der Waals surface area (Å²) in [7, 11) is 0. The van der Waals surface area contributed by atoms with Gasteiger partial charge in [-0.25, -0.2) is 0 Å². The number of fused-ring (bicyclic) bond motifs is 4. The summed E-state index contributed by atoms with van der Waals surface area (Å²) in [5, 5.41) is 0. The van der Waals surface area contributed by atoms with E-state index in [-0.39, 0.29) is 17.4 Å². The van der Waals surface area contributed by atoms with Gasteiger partial charge in [-0.1, -0.05) is 25.1 Å². The van der Waals surface area contributed by atoms with Crippen LogP contribution < -0.4 is 11.3 Å². The molecule has 4 rings (SSSR count). The molecule has 0 fully saturated rings. The molecule has 2 N–H and O–H groups in total. The van der Waals surface area contributed by atoms with Gasteiger partial charge in [-0.15, -0.1) is 0 Å². The van der Waals surface area contributed by atoms with Crippen LogP contribution in [0.15, 0.2) is 40.1 Å². The number of aromatic nitrogens is 1. The molecule has 1 aromatic heterocycles. The van der Waals surface area contributed by atoms with Gasteiger partial charge in [-0.05, 0) is 69.3 Å². The fourth-order valence-electron chi connectivity index (χ4n) is 5.10. The van der Waals surface area contributed by atoms with Crippen molar-refractivity contribution in [1.82, 2.24) is 4.57 Å². The highest BCUT2D eigenvalue weighted by Crippen LogP contribution is 2.45. The average Bonchev–Trinajstić information content (AvgIpc) is 3.09. The lowest BCUT2D eigenvalue weighted by Gasteiger charge is -2.31. The lowest BCUT2D eigenvalue weighted by Crippen LogP contribution is -2.32. The lowest BCUT2D eigenvalue weighted by molar-refractivity contribution is -0.0329. The second-order valence-corrected chi connectivity index (χ2v) is 8.35. The van der Waals surface area contributed by atoms with Crippen molar-refractivity contribution >= 4 is 11.4 Å². The first-order chi connectivity index (χ1) is 13.9. The lowest BCUT2D eigenvalue weighted by atomic mass is 9.78. The molecule has 29 heavy (non-hydrogen) atoms. The minimum atomic E-state index is -0.477. The average molecular weight is 394 g/mol. The van der Waals surface area contributed by atoms with E-state index in [4.69, 9.17) is 15.5 Å². The van der Waals surface area contributed by atoms with Crippen molar-refractivity contribution in [3.63, 3.8) is 0 Å². The van der Waals surface area contributed by atoms with Crippen molar-refractivity contribution in [2.75, 3.05) is 13.2 Å². The second-order valence-electron chi connectivity index (χ2n) is 8.35. The number of nitrogens with two attached hydrogens (primary N) is 1. The minimum absolute atomic E-state index is 0.0736. The Morgan fingerprint density at radius 3 is 2.76 bits per heavy atom. The number of hydrogen-bond donors (Lipinski definition) is 1. The zero-order valence-corrected chi connectivity index (χ0v) is 17.9. The Kier molecular flexibility index (Phi) is 5.21. The third-order valence-electron chi connectivity index (χ3n) is 6.78. The summed E-state index contributed by atoms with van der Waals surface area (Å²) < 4.78 is 8.02. The number of para-hydroxylation sites is 1. The summed E-state index contributed by atoms with van der Waals surface area (Å²) in [6.45, 7) is 10.0. The molecule has 1 aromatic carbocycles. The molecule has 2 aromatic rings. The fourth-order valence-corrected chi connectivity index (χ4v) is 5.10. The Bertz CT molecular complexity index is 1020. The van der Waals surface area contributed by atoms with Crippen LogP contribution in [0.2, 0.25) is 0 Å². The predicted molar refractivity (Wildman–Crippen MR) is 117 cm³/mol. The monoisotopic (exact) mass is 393 g/mol. The highest BCUT2D eigenvalue weighted by molar-refractivity contribution is 6.06. The Morgan fingerprint density at radius 1 is 1.31 bits per heavy atom. The summed E-state index contributed by atoms with van der Waals surface area (Å²) in [5.74, 6) is 0.479. The van der Waals surface area contributed by atoms with E-state index in [1.54, 1.807) is 0 Å². The molecule has 0 saturated heterocycles. The number of benzene rings is 1. The number of nitrogens with zero attached hydrogens (tertiary/aromatic N) is 2. The van der Waals surface area contributed by atoms with E-state index in [0.29, 0.717) is 19.7 Å². The number of ether oxygens (including phenoxy) is 1. The summed E-state index contributed by atoms with van der Waals surface area (Å²) in [6.07, 6.45) is 1.69. The van der Waals surface area contributed by atoms with Crippen molar-refractivity contribution in [1.29, 1.82) is 0 Å². The molecular weight excluding hydrogens is 362 g/mol. The third-order valence-corrected chi connectivity index (χ3v) is 6.78. The zero-order chi connectivity index (χ0) is 20.8. The molecule has 5 nitrogen and oxygen atoms in total. The quantitative estimate of drug-likeness (QED) is 0.806. The maximum Gasteiger partial charge on any atom is 0.254 e. The number of rotatable bonds is 6. The minimum Gasteiger partial charge on any atom is -0.371 e. The molecule has 0 saturated carbocycles. The zero-order valence-electron chi connectivity index (χ0n) is 17.9. The highest BCUT2D eigenvalue weighted by Gasteiger charge is 2.41. The molecular formula is C24H31N3O2. The van der Waals surface area contributed by atoms with E-state index < -0.39 is 5.60 Å². The normalized spacial score (nSPS) is 21.8.